The number of hydrogen-bond acceptors (Lipinski definition) is 2. The third kappa shape index (κ3) is 3.72. The van der Waals surface area contributed by atoms with Crippen molar-refractivity contribution in [2.24, 2.45) is 0 Å². The lowest BCUT2D eigenvalue weighted by molar-refractivity contribution is -0.116. The molecule has 4 heteroatoms. The van der Waals surface area contributed by atoms with Crippen molar-refractivity contribution in [3.05, 3.63) is 30.3 Å². The molecule has 0 saturated heterocycles. The molecule has 0 bridgehead atoms. The molecule has 0 radical (unpaired) electrons. The second-order valence-electron chi connectivity index (χ2n) is 4.04. The minimum absolute atomic E-state index is 0.0568. The first-order valence-corrected chi connectivity index (χ1v) is 6.69. The first-order valence-electron chi connectivity index (χ1n) is 5.03. The summed E-state index contributed by atoms with van der Waals surface area (Å²) >= 11 is 7.64. The van der Waals surface area contributed by atoms with E-state index in [1.54, 1.807) is 0 Å². The molecule has 1 aromatic rings. The normalized spacial score (nSPS) is 13.2. The van der Waals surface area contributed by atoms with Crippen LogP contribution >= 0.6 is 23.4 Å². The summed E-state index contributed by atoms with van der Waals surface area (Å²) in [5.41, 5.74) is 0.799. The van der Waals surface area contributed by atoms with Gasteiger partial charge < -0.3 is 5.32 Å². The van der Waals surface area contributed by atoms with Crippen molar-refractivity contribution in [2.45, 2.75) is 24.0 Å². The van der Waals surface area contributed by atoms with E-state index < -0.39 is 4.87 Å². The molecule has 0 spiro atoms. The molecule has 1 rings (SSSR count). The monoisotopic (exact) mass is 257 g/mol. The number of alkyl halides is 1. The fourth-order valence-electron chi connectivity index (χ4n) is 1.43. The van der Waals surface area contributed by atoms with E-state index in [0.717, 1.165) is 5.69 Å². The molecule has 16 heavy (non-hydrogen) atoms. The molecule has 1 unspecified atom stereocenters. The number of hydrogen-bond donors (Lipinski definition) is 1. The minimum Gasteiger partial charge on any atom is -0.325 e. The first kappa shape index (κ1) is 13.4. The quantitative estimate of drug-likeness (QED) is 0.838. The molecular weight excluding hydrogens is 242 g/mol. The Balaban J connectivity index is 2.71. The topological polar surface area (TPSA) is 29.1 Å². The van der Waals surface area contributed by atoms with E-state index in [1.165, 1.54) is 11.8 Å². The number of carbonyl (C=O) groups is 1. The Bertz CT molecular complexity index is 348. The molecule has 0 aliphatic carbocycles. The van der Waals surface area contributed by atoms with Gasteiger partial charge in [0.15, 0.2) is 0 Å². The predicted molar refractivity (Wildman–Crippen MR) is 72.3 cm³/mol. The van der Waals surface area contributed by atoms with Crippen LogP contribution in [0.2, 0.25) is 0 Å². The highest BCUT2D eigenvalue weighted by Crippen LogP contribution is 2.28. The lowest BCUT2D eigenvalue weighted by atomic mass is 10.1. The highest BCUT2D eigenvalue weighted by molar-refractivity contribution is 8.00. The van der Waals surface area contributed by atoms with Gasteiger partial charge in [-0.25, -0.2) is 0 Å². The van der Waals surface area contributed by atoms with Crippen molar-refractivity contribution >= 4 is 35.0 Å². The Hall–Kier alpha value is -0.670. The summed E-state index contributed by atoms with van der Waals surface area (Å²) < 4.78 is 0. The van der Waals surface area contributed by atoms with Crippen molar-refractivity contribution in [3.8, 4) is 0 Å². The fourth-order valence-corrected chi connectivity index (χ4v) is 2.63. The summed E-state index contributed by atoms with van der Waals surface area (Å²) in [5.74, 6) is -0.0568. The van der Waals surface area contributed by atoms with Gasteiger partial charge in [-0.2, -0.15) is 11.8 Å². The molecule has 0 fully saturated rings. The number of carbonyl (C=O) groups excluding carboxylic acids is 1. The van der Waals surface area contributed by atoms with Gasteiger partial charge in [-0.3, -0.25) is 4.79 Å². The van der Waals surface area contributed by atoms with Gasteiger partial charge >= 0.3 is 0 Å². The zero-order chi connectivity index (χ0) is 12.2. The number of amides is 1. The molecule has 1 aromatic carbocycles. The molecule has 0 aromatic heterocycles. The predicted octanol–water partition coefficient (Wildman–Crippen LogP) is 3.37. The largest absolute Gasteiger partial charge is 0.325 e. The maximum Gasteiger partial charge on any atom is 0.239 e. The van der Waals surface area contributed by atoms with Crippen molar-refractivity contribution in [3.63, 3.8) is 0 Å². The Morgan fingerprint density at radius 2 is 1.94 bits per heavy atom. The molecule has 1 N–H and O–H groups in total. The lowest BCUT2D eigenvalue weighted by Gasteiger charge is -2.25. The molecule has 0 heterocycles. The van der Waals surface area contributed by atoms with Gasteiger partial charge in [0.1, 0.15) is 5.25 Å². The van der Waals surface area contributed by atoms with Crippen LogP contribution in [0.4, 0.5) is 5.69 Å². The van der Waals surface area contributed by atoms with E-state index >= 15 is 0 Å². The Morgan fingerprint density at radius 3 is 2.38 bits per heavy atom. The van der Waals surface area contributed by atoms with Gasteiger partial charge in [0, 0.05) is 5.69 Å². The number of para-hydroxylation sites is 1. The number of nitrogens with one attached hydrogen (secondary N) is 1. The van der Waals surface area contributed by atoms with Crippen LogP contribution in [0.25, 0.3) is 0 Å². The van der Waals surface area contributed by atoms with Crippen molar-refractivity contribution < 1.29 is 4.79 Å². The highest BCUT2D eigenvalue weighted by Gasteiger charge is 2.32. The van der Waals surface area contributed by atoms with Crippen molar-refractivity contribution in [2.75, 3.05) is 11.6 Å². The summed E-state index contributed by atoms with van der Waals surface area (Å²) in [4.78, 5) is 11.4. The molecule has 1 amide bonds. The van der Waals surface area contributed by atoms with Gasteiger partial charge in [0.2, 0.25) is 5.91 Å². The van der Waals surface area contributed by atoms with Crippen LogP contribution in [0.3, 0.4) is 0 Å². The second-order valence-corrected chi connectivity index (χ2v) is 5.95. The van der Waals surface area contributed by atoms with E-state index in [2.05, 4.69) is 5.32 Å². The fraction of sp³-hybridized carbons (Fsp3) is 0.417. The van der Waals surface area contributed by atoms with E-state index in [0.29, 0.717) is 0 Å². The second kappa shape index (κ2) is 5.60. The number of halogens is 1. The molecule has 0 aliphatic rings. The van der Waals surface area contributed by atoms with Gasteiger partial charge in [-0.1, -0.05) is 18.2 Å². The Kier molecular flexibility index (Phi) is 4.69. The van der Waals surface area contributed by atoms with Crippen LogP contribution in [0.1, 0.15) is 13.8 Å². The smallest absolute Gasteiger partial charge is 0.239 e. The van der Waals surface area contributed by atoms with Crippen LogP contribution in [0.15, 0.2) is 30.3 Å². The third-order valence-corrected chi connectivity index (χ3v) is 3.76. The van der Waals surface area contributed by atoms with Gasteiger partial charge in [0.25, 0.3) is 0 Å². The summed E-state index contributed by atoms with van der Waals surface area (Å²) in [6.45, 7) is 3.70. The number of rotatable bonds is 4. The molecule has 2 nitrogen and oxygen atoms in total. The maximum atomic E-state index is 12.0. The number of benzene rings is 1. The van der Waals surface area contributed by atoms with Gasteiger partial charge in [-0.05, 0) is 32.2 Å². The summed E-state index contributed by atoms with van der Waals surface area (Å²) in [5, 5.41) is 2.59. The standard InChI is InChI=1S/C12H16ClNOS/c1-12(2,13)10(16-3)11(15)14-9-7-5-4-6-8-9/h4-8,10H,1-3H3,(H,14,15). The van der Waals surface area contributed by atoms with Gasteiger partial charge in [0.05, 0.1) is 4.87 Å². The van der Waals surface area contributed by atoms with E-state index in [-0.39, 0.29) is 11.2 Å². The summed E-state index contributed by atoms with van der Waals surface area (Å²) in [7, 11) is 0. The van der Waals surface area contributed by atoms with Gasteiger partial charge in [-0.15, -0.1) is 11.6 Å². The Labute approximate surface area is 106 Å². The van der Waals surface area contributed by atoms with Crippen LogP contribution in [-0.2, 0) is 4.79 Å². The SMILES string of the molecule is CSC(C(=O)Nc1ccccc1)C(C)(C)Cl. The molecule has 88 valence electrons. The molecule has 0 aliphatic heterocycles. The van der Waals surface area contributed by atoms with E-state index in [9.17, 15) is 4.79 Å². The first-order chi connectivity index (χ1) is 7.45. The summed E-state index contributed by atoms with van der Waals surface area (Å²) in [6.07, 6.45) is 1.89. The van der Waals surface area contributed by atoms with Crippen LogP contribution < -0.4 is 5.32 Å². The number of thioether (sulfide) groups is 1. The minimum atomic E-state index is -0.557. The number of anilines is 1. The van der Waals surface area contributed by atoms with Crippen LogP contribution in [-0.4, -0.2) is 22.3 Å². The molecular formula is C12H16ClNOS. The zero-order valence-electron chi connectivity index (χ0n) is 9.66. The highest BCUT2D eigenvalue weighted by atomic mass is 35.5. The van der Waals surface area contributed by atoms with Crippen LogP contribution in [0.5, 0.6) is 0 Å². The van der Waals surface area contributed by atoms with Crippen LogP contribution in [0, 0.1) is 0 Å². The Morgan fingerprint density at radius 1 is 1.38 bits per heavy atom. The molecule has 1 atom stereocenters. The lowest BCUT2D eigenvalue weighted by Crippen LogP contribution is -2.38. The van der Waals surface area contributed by atoms with Crippen molar-refractivity contribution in [1.29, 1.82) is 0 Å². The van der Waals surface area contributed by atoms with Crippen molar-refractivity contribution in [1.82, 2.24) is 0 Å². The molecule has 0 saturated carbocycles. The third-order valence-electron chi connectivity index (χ3n) is 2.14. The van der Waals surface area contributed by atoms with E-state index in [4.69, 9.17) is 11.6 Å². The average Bonchev–Trinajstić information content (AvgIpc) is 2.17. The maximum absolute atomic E-state index is 12.0. The van der Waals surface area contributed by atoms with E-state index in [1.807, 2.05) is 50.4 Å². The zero-order valence-corrected chi connectivity index (χ0v) is 11.2. The average molecular weight is 258 g/mol. The summed E-state index contributed by atoms with van der Waals surface area (Å²) in [6, 6.07) is 9.39.